The van der Waals surface area contributed by atoms with Crippen LogP contribution in [0.4, 0.5) is 5.69 Å². The van der Waals surface area contributed by atoms with E-state index in [2.05, 4.69) is 22.0 Å². The lowest BCUT2D eigenvalue weighted by molar-refractivity contribution is 0.289. The molecule has 1 aromatic heterocycles. The summed E-state index contributed by atoms with van der Waals surface area (Å²) in [5.41, 5.74) is 2.17. The minimum atomic E-state index is 0.188. The molecule has 0 saturated carbocycles. The van der Waals surface area contributed by atoms with Gasteiger partial charge in [-0.15, -0.1) is 0 Å². The summed E-state index contributed by atoms with van der Waals surface area (Å²) in [5, 5.41) is 9.69. The normalized spacial score (nSPS) is 10.4. The standard InChI is InChI=1S/C15H17ClN2O/c16-15-11-17-8-7-13(15)12-18(9-4-10-19)14-5-2-1-3-6-14/h1-3,5-8,11,19H,4,9-10,12H2. The van der Waals surface area contributed by atoms with Crippen LogP contribution in [0.5, 0.6) is 0 Å². The lowest BCUT2D eigenvalue weighted by atomic mass is 10.2. The van der Waals surface area contributed by atoms with Crippen molar-refractivity contribution in [3.05, 3.63) is 59.4 Å². The van der Waals surface area contributed by atoms with Crippen LogP contribution < -0.4 is 4.90 Å². The van der Waals surface area contributed by atoms with Gasteiger partial charge >= 0.3 is 0 Å². The molecule has 100 valence electrons. The molecule has 4 heteroatoms. The molecule has 0 bridgehead atoms. The average Bonchev–Trinajstić information content (AvgIpc) is 2.46. The van der Waals surface area contributed by atoms with Gasteiger partial charge in [-0.2, -0.15) is 0 Å². The minimum Gasteiger partial charge on any atom is -0.396 e. The molecule has 0 fully saturated rings. The van der Waals surface area contributed by atoms with Crippen LogP contribution in [0.15, 0.2) is 48.8 Å². The predicted molar refractivity (Wildman–Crippen MR) is 78.4 cm³/mol. The van der Waals surface area contributed by atoms with Crippen molar-refractivity contribution in [2.24, 2.45) is 0 Å². The molecule has 0 atom stereocenters. The Bertz CT molecular complexity index is 505. The summed E-state index contributed by atoms with van der Waals surface area (Å²) in [7, 11) is 0. The fraction of sp³-hybridized carbons (Fsp3) is 0.267. The molecule has 2 rings (SSSR count). The molecule has 3 nitrogen and oxygen atoms in total. The first kappa shape index (κ1) is 13.8. The fourth-order valence-electron chi connectivity index (χ4n) is 1.94. The van der Waals surface area contributed by atoms with E-state index in [-0.39, 0.29) is 6.61 Å². The second kappa shape index (κ2) is 7.12. The van der Waals surface area contributed by atoms with Crippen LogP contribution >= 0.6 is 11.6 Å². The number of benzene rings is 1. The Morgan fingerprint density at radius 2 is 1.95 bits per heavy atom. The number of pyridine rings is 1. The molecule has 1 aromatic carbocycles. The van der Waals surface area contributed by atoms with Crippen molar-refractivity contribution in [3.8, 4) is 0 Å². The van der Waals surface area contributed by atoms with Gasteiger partial charge in [-0.3, -0.25) is 4.98 Å². The number of aliphatic hydroxyl groups is 1. The highest BCUT2D eigenvalue weighted by atomic mass is 35.5. The Balaban J connectivity index is 2.17. The molecule has 0 radical (unpaired) electrons. The van der Waals surface area contributed by atoms with E-state index >= 15 is 0 Å². The van der Waals surface area contributed by atoms with Crippen molar-refractivity contribution in [3.63, 3.8) is 0 Å². The molecule has 0 spiro atoms. The van der Waals surface area contributed by atoms with Crippen LogP contribution in [-0.4, -0.2) is 23.2 Å². The summed E-state index contributed by atoms with van der Waals surface area (Å²) in [4.78, 5) is 6.20. The second-order valence-corrected chi connectivity index (χ2v) is 4.71. The molecule has 0 aliphatic rings. The van der Waals surface area contributed by atoms with Crippen molar-refractivity contribution in [1.29, 1.82) is 0 Å². The zero-order valence-corrected chi connectivity index (χ0v) is 11.4. The highest BCUT2D eigenvalue weighted by molar-refractivity contribution is 6.31. The molecule has 0 unspecified atom stereocenters. The number of hydrogen-bond donors (Lipinski definition) is 1. The van der Waals surface area contributed by atoms with E-state index in [9.17, 15) is 0 Å². The maximum Gasteiger partial charge on any atom is 0.0639 e. The maximum absolute atomic E-state index is 9.02. The fourth-order valence-corrected chi connectivity index (χ4v) is 2.12. The molecule has 0 saturated heterocycles. The Morgan fingerprint density at radius 1 is 1.16 bits per heavy atom. The summed E-state index contributed by atoms with van der Waals surface area (Å²) in [6.45, 7) is 1.69. The van der Waals surface area contributed by atoms with E-state index in [1.54, 1.807) is 12.4 Å². The van der Waals surface area contributed by atoms with Gasteiger partial charge in [-0.25, -0.2) is 0 Å². The van der Waals surface area contributed by atoms with E-state index in [1.165, 1.54) is 0 Å². The summed E-state index contributed by atoms with van der Waals surface area (Å²) in [6, 6.07) is 12.1. The molecule has 19 heavy (non-hydrogen) atoms. The first-order chi connectivity index (χ1) is 9.31. The van der Waals surface area contributed by atoms with Gasteiger partial charge in [0.2, 0.25) is 0 Å². The molecule has 2 aromatic rings. The summed E-state index contributed by atoms with van der Waals surface area (Å²) < 4.78 is 0. The Morgan fingerprint density at radius 3 is 2.63 bits per heavy atom. The van der Waals surface area contributed by atoms with E-state index in [4.69, 9.17) is 16.7 Å². The third-order valence-corrected chi connectivity index (χ3v) is 3.27. The van der Waals surface area contributed by atoms with Gasteiger partial charge in [0, 0.05) is 37.8 Å². The third-order valence-electron chi connectivity index (χ3n) is 2.93. The summed E-state index contributed by atoms with van der Waals surface area (Å²) >= 11 is 6.15. The van der Waals surface area contributed by atoms with Gasteiger partial charge in [-0.1, -0.05) is 29.8 Å². The average molecular weight is 277 g/mol. The SMILES string of the molecule is OCCCN(Cc1ccncc1Cl)c1ccccc1. The van der Waals surface area contributed by atoms with Gasteiger partial charge in [0.25, 0.3) is 0 Å². The predicted octanol–water partition coefficient (Wildman–Crippen LogP) is 3.12. The first-order valence-corrected chi connectivity index (χ1v) is 6.68. The number of rotatable bonds is 6. The quantitative estimate of drug-likeness (QED) is 0.881. The Kier molecular flexibility index (Phi) is 5.19. The molecule has 0 amide bonds. The number of anilines is 1. The number of hydrogen-bond acceptors (Lipinski definition) is 3. The monoisotopic (exact) mass is 276 g/mol. The van der Waals surface area contributed by atoms with Crippen LogP contribution in [0.2, 0.25) is 5.02 Å². The maximum atomic E-state index is 9.02. The van der Waals surface area contributed by atoms with Crippen molar-refractivity contribution in [1.82, 2.24) is 4.98 Å². The third kappa shape index (κ3) is 3.94. The number of aliphatic hydroxyl groups excluding tert-OH is 1. The Hall–Kier alpha value is -1.58. The van der Waals surface area contributed by atoms with Crippen LogP contribution in [0.25, 0.3) is 0 Å². The number of nitrogens with zero attached hydrogens (tertiary/aromatic N) is 2. The molecule has 0 aliphatic carbocycles. The van der Waals surface area contributed by atoms with Gasteiger partial charge in [0.05, 0.1) is 5.02 Å². The zero-order valence-electron chi connectivity index (χ0n) is 10.7. The zero-order chi connectivity index (χ0) is 13.5. The summed E-state index contributed by atoms with van der Waals surface area (Å²) in [6.07, 6.45) is 4.14. The topological polar surface area (TPSA) is 36.4 Å². The van der Waals surface area contributed by atoms with Gasteiger partial charge < -0.3 is 10.0 Å². The van der Waals surface area contributed by atoms with Crippen molar-refractivity contribution in [2.75, 3.05) is 18.1 Å². The van der Waals surface area contributed by atoms with Crippen molar-refractivity contribution in [2.45, 2.75) is 13.0 Å². The minimum absolute atomic E-state index is 0.188. The first-order valence-electron chi connectivity index (χ1n) is 6.30. The van der Waals surface area contributed by atoms with Crippen LogP contribution in [0.1, 0.15) is 12.0 Å². The lowest BCUT2D eigenvalue weighted by Gasteiger charge is -2.25. The molecular formula is C15H17ClN2O. The van der Waals surface area contributed by atoms with E-state index in [0.29, 0.717) is 11.6 Å². The van der Waals surface area contributed by atoms with E-state index in [0.717, 1.165) is 24.2 Å². The smallest absolute Gasteiger partial charge is 0.0639 e. The van der Waals surface area contributed by atoms with Crippen LogP contribution in [0.3, 0.4) is 0 Å². The second-order valence-electron chi connectivity index (χ2n) is 4.30. The van der Waals surface area contributed by atoms with Gasteiger partial charge in [0.15, 0.2) is 0 Å². The summed E-state index contributed by atoms with van der Waals surface area (Å²) in [5.74, 6) is 0. The van der Waals surface area contributed by atoms with Gasteiger partial charge in [0.1, 0.15) is 0 Å². The highest BCUT2D eigenvalue weighted by Gasteiger charge is 2.09. The highest BCUT2D eigenvalue weighted by Crippen LogP contribution is 2.21. The lowest BCUT2D eigenvalue weighted by Crippen LogP contribution is -2.24. The molecular weight excluding hydrogens is 260 g/mol. The van der Waals surface area contributed by atoms with E-state index < -0.39 is 0 Å². The van der Waals surface area contributed by atoms with Gasteiger partial charge in [-0.05, 0) is 30.2 Å². The van der Waals surface area contributed by atoms with Crippen molar-refractivity contribution < 1.29 is 5.11 Å². The number of para-hydroxylation sites is 1. The van der Waals surface area contributed by atoms with E-state index in [1.807, 2.05) is 24.3 Å². The number of aromatic nitrogens is 1. The Labute approximate surface area is 118 Å². The van der Waals surface area contributed by atoms with Crippen LogP contribution in [-0.2, 0) is 6.54 Å². The number of halogens is 1. The largest absolute Gasteiger partial charge is 0.396 e. The molecule has 0 aliphatic heterocycles. The molecule has 1 N–H and O–H groups in total. The van der Waals surface area contributed by atoms with Crippen molar-refractivity contribution >= 4 is 17.3 Å². The molecule has 1 heterocycles. The van der Waals surface area contributed by atoms with Crippen LogP contribution in [0, 0.1) is 0 Å².